The number of rotatable bonds is 4. The van der Waals surface area contributed by atoms with Gasteiger partial charge in [-0.2, -0.15) is 5.10 Å². The summed E-state index contributed by atoms with van der Waals surface area (Å²) >= 11 is 0. The topological polar surface area (TPSA) is 65.4 Å². The molecule has 2 aromatic carbocycles. The quantitative estimate of drug-likeness (QED) is 0.712. The lowest BCUT2D eigenvalue weighted by Gasteiger charge is -2.36. The van der Waals surface area contributed by atoms with Crippen molar-refractivity contribution in [1.82, 2.24) is 15.1 Å². The molecule has 0 saturated carbocycles. The van der Waals surface area contributed by atoms with Crippen LogP contribution < -0.4 is 14.8 Å². The summed E-state index contributed by atoms with van der Waals surface area (Å²) in [5.74, 6) is 1.18. The van der Waals surface area contributed by atoms with Crippen LogP contribution in [-0.2, 0) is 13.0 Å². The van der Waals surface area contributed by atoms with E-state index in [1.54, 1.807) is 18.2 Å². The molecule has 154 valence electrons. The Bertz CT molecular complexity index is 1090. The zero-order chi connectivity index (χ0) is 20.7. The van der Waals surface area contributed by atoms with Crippen molar-refractivity contribution >= 4 is 5.91 Å². The van der Waals surface area contributed by atoms with Crippen LogP contribution in [-0.4, -0.2) is 22.5 Å². The van der Waals surface area contributed by atoms with Gasteiger partial charge in [0.1, 0.15) is 0 Å². The highest BCUT2D eigenvalue weighted by molar-refractivity contribution is 5.95. The van der Waals surface area contributed by atoms with Crippen LogP contribution in [0.25, 0.3) is 0 Å². The normalized spacial score (nSPS) is 18.7. The van der Waals surface area contributed by atoms with Crippen LogP contribution in [0.1, 0.15) is 53.5 Å². The Kier molecular flexibility index (Phi) is 4.50. The molecule has 0 unspecified atom stereocenters. The van der Waals surface area contributed by atoms with Crippen molar-refractivity contribution < 1.29 is 14.3 Å². The number of hydrogen-bond acceptors (Lipinski definition) is 4. The minimum absolute atomic E-state index is 0.0638. The summed E-state index contributed by atoms with van der Waals surface area (Å²) in [6.45, 7) is 5.42. The van der Waals surface area contributed by atoms with Crippen molar-refractivity contribution in [2.45, 2.75) is 39.3 Å². The SMILES string of the molecule is CC1(C)Cc2c(cnn2Cc2ccccc2)[C@H](NC(=O)c2ccc3c(c2)OCO3)C1. The van der Waals surface area contributed by atoms with Gasteiger partial charge in [0.25, 0.3) is 5.91 Å². The molecule has 0 radical (unpaired) electrons. The molecule has 6 heteroatoms. The summed E-state index contributed by atoms with van der Waals surface area (Å²) < 4.78 is 12.8. The summed E-state index contributed by atoms with van der Waals surface area (Å²) in [4.78, 5) is 13.0. The van der Waals surface area contributed by atoms with E-state index in [4.69, 9.17) is 9.47 Å². The number of amides is 1. The first-order chi connectivity index (χ1) is 14.5. The smallest absolute Gasteiger partial charge is 0.251 e. The van der Waals surface area contributed by atoms with Crippen LogP contribution in [0.5, 0.6) is 11.5 Å². The van der Waals surface area contributed by atoms with Gasteiger partial charge >= 0.3 is 0 Å². The van der Waals surface area contributed by atoms with E-state index in [1.165, 1.54) is 11.3 Å². The molecule has 1 aliphatic carbocycles. The zero-order valence-electron chi connectivity index (χ0n) is 17.2. The third-order valence-electron chi connectivity index (χ3n) is 5.87. The van der Waals surface area contributed by atoms with Crippen LogP contribution in [0, 0.1) is 5.41 Å². The van der Waals surface area contributed by atoms with Gasteiger partial charge in [0.15, 0.2) is 11.5 Å². The van der Waals surface area contributed by atoms with Crippen LogP contribution in [0.4, 0.5) is 0 Å². The highest BCUT2D eigenvalue weighted by atomic mass is 16.7. The molecule has 5 rings (SSSR count). The van der Waals surface area contributed by atoms with E-state index in [1.807, 2.05) is 24.4 Å². The fourth-order valence-electron chi connectivity index (χ4n) is 4.40. The van der Waals surface area contributed by atoms with E-state index in [0.717, 1.165) is 24.9 Å². The maximum atomic E-state index is 13.0. The molecular formula is C24H25N3O3. The van der Waals surface area contributed by atoms with Crippen molar-refractivity contribution in [3.05, 3.63) is 77.1 Å². The van der Waals surface area contributed by atoms with Gasteiger partial charge < -0.3 is 14.8 Å². The molecule has 2 aliphatic rings. The Balaban J connectivity index is 1.40. The van der Waals surface area contributed by atoms with Crippen LogP contribution in [0.2, 0.25) is 0 Å². The maximum Gasteiger partial charge on any atom is 0.251 e. The Morgan fingerprint density at radius 2 is 1.97 bits per heavy atom. The van der Waals surface area contributed by atoms with Crippen LogP contribution in [0.15, 0.2) is 54.7 Å². The lowest BCUT2D eigenvalue weighted by molar-refractivity contribution is 0.0918. The molecular weight excluding hydrogens is 378 g/mol. The van der Waals surface area contributed by atoms with Crippen molar-refractivity contribution in [2.24, 2.45) is 5.41 Å². The first kappa shape index (κ1) is 18.7. The fraction of sp³-hybridized carbons (Fsp3) is 0.333. The predicted octanol–water partition coefficient (Wildman–Crippen LogP) is 4.10. The molecule has 0 spiro atoms. The van der Waals surface area contributed by atoms with Crippen LogP contribution >= 0.6 is 0 Å². The molecule has 0 fully saturated rings. The van der Waals surface area contributed by atoms with Crippen LogP contribution in [0.3, 0.4) is 0 Å². The molecule has 0 bridgehead atoms. The van der Waals surface area contributed by atoms with E-state index in [-0.39, 0.29) is 24.2 Å². The number of nitrogens with zero attached hydrogens (tertiary/aromatic N) is 2. The number of carbonyl (C=O) groups excluding carboxylic acids is 1. The zero-order valence-corrected chi connectivity index (χ0v) is 17.2. The van der Waals surface area contributed by atoms with Gasteiger partial charge in [-0.05, 0) is 42.0 Å². The average molecular weight is 403 g/mol. The minimum atomic E-state index is -0.113. The molecule has 30 heavy (non-hydrogen) atoms. The molecule has 6 nitrogen and oxygen atoms in total. The Morgan fingerprint density at radius 3 is 2.80 bits per heavy atom. The van der Waals surface area contributed by atoms with Gasteiger partial charge in [0.05, 0.1) is 18.8 Å². The minimum Gasteiger partial charge on any atom is -0.454 e. The van der Waals surface area contributed by atoms with Gasteiger partial charge in [0.2, 0.25) is 6.79 Å². The van der Waals surface area contributed by atoms with Crippen molar-refractivity contribution in [2.75, 3.05) is 6.79 Å². The summed E-state index contributed by atoms with van der Waals surface area (Å²) in [5, 5.41) is 7.89. The van der Waals surface area contributed by atoms with E-state index >= 15 is 0 Å². The van der Waals surface area contributed by atoms with Crippen molar-refractivity contribution in [3.63, 3.8) is 0 Å². The average Bonchev–Trinajstić information content (AvgIpc) is 3.34. The summed E-state index contributed by atoms with van der Waals surface area (Å²) in [5.41, 5.74) is 4.16. The van der Waals surface area contributed by atoms with Gasteiger partial charge in [-0.25, -0.2) is 0 Å². The molecule has 1 amide bonds. The predicted molar refractivity (Wildman–Crippen MR) is 113 cm³/mol. The van der Waals surface area contributed by atoms with E-state index in [9.17, 15) is 4.79 Å². The summed E-state index contributed by atoms with van der Waals surface area (Å²) in [6.07, 6.45) is 3.72. The number of nitrogens with one attached hydrogen (secondary N) is 1. The van der Waals surface area contributed by atoms with Crippen molar-refractivity contribution in [1.29, 1.82) is 0 Å². The Morgan fingerprint density at radius 1 is 1.17 bits per heavy atom. The first-order valence-corrected chi connectivity index (χ1v) is 10.3. The molecule has 0 saturated heterocycles. The number of fused-ring (bicyclic) bond motifs is 2. The largest absolute Gasteiger partial charge is 0.454 e. The molecule has 2 heterocycles. The third kappa shape index (κ3) is 3.54. The second kappa shape index (κ2) is 7.20. The van der Waals surface area contributed by atoms with Gasteiger partial charge in [-0.1, -0.05) is 44.2 Å². The Hall–Kier alpha value is -3.28. The lowest BCUT2D eigenvalue weighted by Crippen LogP contribution is -2.36. The van der Waals surface area contributed by atoms with Crippen molar-refractivity contribution in [3.8, 4) is 11.5 Å². The van der Waals surface area contributed by atoms with E-state index < -0.39 is 0 Å². The molecule has 1 atom stereocenters. The molecule has 1 aromatic heterocycles. The fourth-order valence-corrected chi connectivity index (χ4v) is 4.40. The van der Waals surface area contributed by atoms with E-state index in [0.29, 0.717) is 17.1 Å². The number of benzene rings is 2. The lowest BCUT2D eigenvalue weighted by atomic mass is 9.74. The highest BCUT2D eigenvalue weighted by Crippen LogP contribution is 2.41. The standard InChI is InChI=1S/C24H25N3O3/c1-24(2)11-19(26-23(28)17-8-9-21-22(10-17)30-15-29-21)18-13-25-27(20(18)12-24)14-16-6-4-3-5-7-16/h3-10,13,19H,11-12,14-15H2,1-2H3,(H,26,28)/t19-/m1/s1. The molecule has 3 aromatic rings. The van der Waals surface area contributed by atoms with E-state index in [2.05, 4.69) is 41.1 Å². The van der Waals surface area contributed by atoms with Gasteiger partial charge in [-0.3, -0.25) is 9.48 Å². The molecule has 1 N–H and O–H groups in total. The second-order valence-corrected chi connectivity index (χ2v) is 8.83. The highest BCUT2D eigenvalue weighted by Gasteiger charge is 2.36. The van der Waals surface area contributed by atoms with Gasteiger partial charge in [0, 0.05) is 16.8 Å². The number of aromatic nitrogens is 2. The van der Waals surface area contributed by atoms with Gasteiger partial charge in [-0.15, -0.1) is 0 Å². The summed E-state index contributed by atoms with van der Waals surface area (Å²) in [7, 11) is 0. The number of carbonyl (C=O) groups is 1. The Labute approximate surface area is 175 Å². The maximum absolute atomic E-state index is 13.0. The summed E-state index contributed by atoms with van der Waals surface area (Å²) in [6, 6.07) is 15.6. The third-order valence-corrected chi connectivity index (χ3v) is 5.87. The second-order valence-electron chi connectivity index (χ2n) is 8.83. The molecule has 1 aliphatic heterocycles. The monoisotopic (exact) mass is 403 g/mol. The first-order valence-electron chi connectivity index (χ1n) is 10.3. The number of ether oxygens (including phenoxy) is 2. The number of hydrogen-bond donors (Lipinski definition) is 1.